The van der Waals surface area contributed by atoms with Crippen LogP contribution in [0.5, 0.6) is 0 Å². The molecule has 1 atom stereocenters. The molecule has 3 rings (SSSR count). The van der Waals surface area contributed by atoms with Crippen LogP contribution in [0.15, 0.2) is 35.1 Å². The number of hydrogen-bond donors (Lipinski definition) is 1. The number of rotatable bonds is 4. The molecule has 1 saturated heterocycles. The van der Waals surface area contributed by atoms with Crippen molar-refractivity contribution in [2.24, 2.45) is 0 Å². The molecule has 1 aromatic carbocycles. The van der Waals surface area contributed by atoms with Gasteiger partial charge in [-0.05, 0) is 70.0 Å². The number of nitrogens with zero attached hydrogens (tertiary/aromatic N) is 2. The first-order chi connectivity index (χ1) is 12.9. The topological polar surface area (TPSA) is 56.4 Å². The van der Waals surface area contributed by atoms with Gasteiger partial charge in [-0.25, -0.2) is 0 Å². The largest absolute Gasteiger partial charge is 0.331 e. The molecule has 0 saturated carbocycles. The maximum absolute atomic E-state index is 13.2. The highest BCUT2D eigenvalue weighted by Crippen LogP contribution is 2.32. The van der Waals surface area contributed by atoms with Crippen molar-refractivity contribution in [3.8, 4) is 0 Å². The number of hydrogen-bond acceptors (Lipinski definition) is 3. The van der Waals surface area contributed by atoms with Crippen LogP contribution in [0.2, 0.25) is 0 Å². The van der Waals surface area contributed by atoms with E-state index in [0.29, 0.717) is 6.54 Å². The summed E-state index contributed by atoms with van der Waals surface area (Å²) >= 11 is 0. The summed E-state index contributed by atoms with van der Waals surface area (Å²) in [6, 6.07) is 10.3. The van der Waals surface area contributed by atoms with Crippen molar-refractivity contribution in [1.82, 2.24) is 14.8 Å². The van der Waals surface area contributed by atoms with Gasteiger partial charge in [0.15, 0.2) is 0 Å². The highest BCUT2D eigenvalue weighted by molar-refractivity contribution is 5.94. The number of piperidine rings is 1. The number of benzene rings is 1. The number of pyridine rings is 1. The van der Waals surface area contributed by atoms with E-state index in [9.17, 15) is 9.59 Å². The summed E-state index contributed by atoms with van der Waals surface area (Å²) in [4.78, 5) is 32.4. The molecule has 1 aliphatic heterocycles. The van der Waals surface area contributed by atoms with Crippen molar-refractivity contribution in [3.05, 3.63) is 68.6 Å². The maximum Gasteiger partial charge on any atom is 0.261 e. The predicted octanol–water partition coefficient (Wildman–Crippen LogP) is 3.42. The molecule has 2 aromatic rings. The zero-order valence-electron chi connectivity index (χ0n) is 16.7. The Labute approximate surface area is 161 Å². The lowest BCUT2D eigenvalue weighted by Gasteiger charge is -2.36. The summed E-state index contributed by atoms with van der Waals surface area (Å²) in [6.45, 7) is 5.35. The zero-order valence-corrected chi connectivity index (χ0v) is 16.7. The van der Waals surface area contributed by atoms with Gasteiger partial charge in [-0.1, -0.05) is 24.3 Å². The molecule has 5 nitrogen and oxygen atoms in total. The van der Waals surface area contributed by atoms with Crippen LogP contribution in [0, 0.1) is 13.8 Å². The van der Waals surface area contributed by atoms with Gasteiger partial charge in [0, 0.05) is 18.8 Å². The van der Waals surface area contributed by atoms with E-state index in [-0.39, 0.29) is 23.1 Å². The lowest BCUT2D eigenvalue weighted by Crippen LogP contribution is -2.40. The van der Waals surface area contributed by atoms with E-state index in [2.05, 4.69) is 48.2 Å². The minimum atomic E-state index is -0.297. The molecule has 0 bridgehead atoms. The van der Waals surface area contributed by atoms with Gasteiger partial charge in [0.2, 0.25) is 0 Å². The van der Waals surface area contributed by atoms with Crippen LogP contribution >= 0.6 is 0 Å². The van der Waals surface area contributed by atoms with Gasteiger partial charge in [0.05, 0.1) is 6.04 Å². The first-order valence-electron chi connectivity index (χ1n) is 9.62. The second-order valence-corrected chi connectivity index (χ2v) is 7.81. The minimum Gasteiger partial charge on any atom is -0.331 e. The molecule has 1 N–H and O–H groups in total. The number of likely N-dealkylation sites (tertiary alicyclic amines) is 1. The van der Waals surface area contributed by atoms with Crippen LogP contribution < -0.4 is 5.56 Å². The van der Waals surface area contributed by atoms with E-state index >= 15 is 0 Å². The van der Waals surface area contributed by atoms with Gasteiger partial charge < -0.3 is 14.8 Å². The van der Waals surface area contributed by atoms with Crippen LogP contribution in [0.1, 0.15) is 58.0 Å². The molecule has 1 amide bonds. The van der Waals surface area contributed by atoms with Crippen molar-refractivity contribution in [3.63, 3.8) is 0 Å². The number of H-pyrrole nitrogens is 1. The molecule has 144 valence electrons. The molecule has 27 heavy (non-hydrogen) atoms. The first kappa shape index (κ1) is 19.4. The Morgan fingerprint density at radius 2 is 1.89 bits per heavy atom. The molecule has 1 aromatic heterocycles. The highest BCUT2D eigenvalue weighted by Gasteiger charge is 2.30. The van der Waals surface area contributed by atoms with Crippen LogP contribution in [0.25, 0.3) is 0 Å². The van der Waals surface area contributed by atoms with E-state index in [1.54, 1.807) is 6.07 Å². The molecular formula is C22H29N3O2. The third-order valence-electron chi connectivity index (χ3n) is 5.36. The molecule has 1 aliphatic rings. The lowest BCUT2D eigenvalue weighted by atomic mass is 9.93. The second kappa shape index (κ2) is 8.09. The third kappa shape index (κ3) is 4.30. The monoisotopic (exact) mass is 367 g/mol. The second-order valence-electron chi connectivity index (χ2n) is 7.81. The summed E-state index contributed by atoms with van der Waals surface area (Å²) in [7, 11) is 4.10. The fourth-order valence-electron chi connectivity index (χ4n) is 3.77. The predicted molar refractivity (Wildman–Crippen MR) is 108 cm³/mol. The quantitative estimate of drug-likeness (QED) is 0.901. The Kier molecular flexibility index (Phi) is 5.80. The summed E-state index contributed by atoms with van der Waals surface area (Å²) in [6.07, 6.45) is 3.00. The average Bonchev–Trinajstić information content (AvgIpc) is 2.64. The van der Waals surface area contributed by atoms with Gasteiger partial charge in [0.1, 0.15) is 5.56 Å². The first-order valence-corrected chi connectivity index (χ1v) is 9.62. The molecule has 0 aliphatic carbocycles. The van der Waals surface area contributed by atoms with Gasteiger partial charge in [-0.2, -0.15) is 0 Å². The Hall–Kier alpha value is -2.40. The van der Waals surface area contributed by atoms with Crippen molar-refractivity contribution in [1.29, 1.82) is 0 Å². The van der Waals surface area contributed by atoms with Gasteiger partial charge in [-0.3, -0.25) is 9.59 Å². The van der Waals surface area contributed by atoms with Crippen LogP contribution in [0.4, 0.5) is 0 Å². The molecular weight excluding hydrogens is 338 g/mol. The van der Waals surface area contributed by atoms with Crippen molar-refractivity contribution >= 4 is 5.91 Å². The van der Waals surface area contributed by atoms with E-state index in [4.69, 9.17) is 0 Å². The summed E-state index contributed by atoms with van der Waals surface area (Å²) < 4.78 is 0. The van der Waals surface area contributed by atoms with Crippen LogP contribution in [0.3, 0.4) is 0 Å². The molecule has 0 radical (unpaired) electrons. The normalized spacial score (nSPS) is 17.4. The average molecular weight is 367 g/mol. The fraction of sp³-hybridized carbons (Fsp3) is 0.455. The summed E-state index contributed by atoms with van der Waals surface area (Å²) in [5.41, 5.74) is 4.08. The molecule has 0 unspecified atom stereocenters. The minimum absolute atomic E-state index is 0.0284. The Bertz CT molecular complexity index is 868. The highest BCUT2D eigenvalue weighted by atomic mass is 16.2. The molecule has 1 fully saturated rings. The van der Waals surface area contributed by atoms with Crippen LogP contribution in [-0.4, -0.2) is 41.3 Å². The number of aromatic amines is 1. The summed E-state index contributed by atoms with van der Waals surface area (Å²) in [5.74, 6) is -0.165. The van der Waals surface area contributed by atoms with Gasteiger partial charge in [0.25, 0.3) is 11.5 Å². The third-order valence-corrected chi connectivity index (χ3v) is 5.36. The number of nitrogens with one attached hydrogen (secondary N) is 1. The van der Waals surface area contributed by atoms with E-state index in [0.717, 1.165) is 42.6 Å². The molecule has 2 heterocycles. The van der Waals surface area contributed by atoms with E-state index in [1.807, 2.05) is 18.7 Å². The smallest absolute Gasteiger partial charge is 0.261 e. The van der Waals surface area contributed by atoms with Crippen molar-refractivity contribution in [2.45, 2.75) is 45.7 Å². The number of carbonyl (C=O) groups is 1. The Morgan fingerprint density at radius 1 is 1.19 bits per heavy atom. The van der Waals surface area contributed by atoms with E-state index < -0.39 is 0 Å². The van der Waals surface area contributed by atoms with Gasteiger partial charge >= 0.3 is 0 Å². The maximum atomic E-state index is 13.2. The Morgan fingerprint density at radius 3 is 2.56 bits per heavy atom. The number of aromatic nitrogens is 1. The van der Waals surface area contributed by atoms with E-state index in [1.165, 1.54) is 5.56 Å². The SMILES string of the molecule is Cc1cc(C(=O)N2CCCC[C@H]2c2ccc(CN(C)C)cc2)c(=O)[nH]c1C. The summed E-state index contributed by atoms with van der Waals surface area (Å²) in [5, 5.41) is 0. The Balaban J connectivity index is 1.88. The van der Waals surface area contributed by atoms with Gasteiger partial charge in [-0.15, -0.1) is 0 Å². The zero-order chi connectivity index (χ0) is 19.6. The fourth-order valence-corrected chi connectivity index (χ4v) is 3.77. The standard InChI is InChI=1S/C22H29N3O2/c1-15-13-19(21(26)23-16(15)2)22(27)25-12-6-5-7-20(25)18-10-8-17(9-11-18)14-24(3)4/h8-11,13,20H,5-7,12,14H2,1-4H3,(H,23,26)/t20-/m0/s1. The van der Waals surface area contributed by atoms with Crippen LogP contribution in [-0.2, 0) is 6.54 Å². The number of aryl methyl sites for hydroxylation is 2. The molecule has 0 spiro atoms. The molecule has 5 heteroatoms. The number of amides is 1. The van der Waals surface area contributed by atoms with Crippen molar-refractivity contribution in [2.75, 3.05) is 20.6 Å². The van der Waals surface area contributed by atoms with Crippen molar-refractivity contribution < 1.29 is 4.79 Å². The lowest BCUT2D eigenvalue weighted by molar-refractivity contribution is 0.0609. The number of carbonyl (C=O) groups excluding carboxylic acids is 1.